The SMILES string of the molecule is Cc1ccc2c(c1)C(=O)CC1(CCNCC1)C2. The molecular weight excluding hydrogens is 210 g/mol. The second-order valence-electron chi connectivity index (χ2n) is 5.69. The second-order valence-corrected chi connectivity index (χ2v) is 5.69. The Morgan fingerprint density at radius 1 is 1.18 bits per heavy atom. The Labute approximate surface area is 102 Å². The van der Waals surface area contributed by atoms with E-state index < -0.39 is 0 Å². The van der Waals surface area contributed by atoms with Crippen molar-refractivity contribution in [2.75, 3.05) is 13.1 Å². The lowest BCUT2D eigenvalue weighted by Crippen LogP contribution is -2.42. The van der Waals surface area contributed by atoms with Gasteiger partial charge in [0.25, 0.3) is 0 Å². The van der Waals surface area contributed by atoms with Gasteiger partial charge < -0.3 is 5.32 Å². The lowest BCUT2D eigenvalue weighted by Gasteiger charge is -2.40. The van der Waals surface area contributed by atoms with E-state index in [1.165, 1.54) is 11.1 Å². The minimum absolute atomic E-state index is 0.255. The Hall–Kier alpha value is -1.15. The molecule has 1 saturated heterocycles. The van der Waals surface area contributed by atoms with Gasteiger partial charge in [-0.3, -0.25) is 4.79 Å². The molecule has 2 heteroatoms. The number of piperidine rings is 1. The largest absolute Gasteiger partial charge is 0.317 e. The van der Waals surface area contributed by atoms with Crippen molar-refractivity contribution in [3.05, 3.63) is 34.9 Å². The Morgan fingerprint density at radius 2 is 1.94 bits per heavy atom. The number of fused-ring (bicyclic) bond motifs is 1. The molecule has 0 unspecified atom stereocenters. The van der Waals surface area contributed by atoms with Gasteiger partial charge in [-0.1, -0.05) is 17.7 Å². The molecule has 1 aromatic rings. The first-order chi connectivity index (χ1) is 8.19. The third-order valence-electron chi connectivity index (χ3n) is 4.33. The number of carbonyl (C=O) groups is 1. The molecule has 1 aliphatic carbocycles. The fourth-order valence-corrected chi connectivity index (χ4v) is 3.32. The number of hydrogen-bond acceptors (Lipinski definition) is 2. The predicted octanol–water partition coefficient (Wildman–Crippen LogP) is 2.49. The third-order valence-corrected chi connectivity index (χ3v) is 4.33. The molecule has 1 N–H and O–H groups in total. The zero-order chi connectivity index (χ0) is 11.9. The quantitative estimate of drug-likeness (QED) is 0.740. The van der Waals surface area contributed by atoms with E-state index in [-0.39, 0.29) is 5.41 Å². The molecule has 2 nitrogen and oxygen atoms in total. The minimum atomic E-state index is 0.255. The predicted molar refractivity (Wildman–Crippen MR) is 68.4 cm³/mol. The summed E-state index contributed by atoms with van der Waals surface area (Å²) in [4.78, 5) is 12.3. The van der Waals surface area contributed by atoms with Crippen LogP contribution in [0.3, 0.4) is 0 Å². The minimum Gasteiger partial charge on any atom is -0.317 e. The summed E-state index contributed by atoms with van der Waals surface area (Å²) in [6.45, 7) is 4.19. The van der Waals surface area contributed by atoms with Gasteiger partial charge in [0.2, 0.25) is 0 Å². The van der Waals surface area contributed by atoms with Crippen molar-refractivity contribution < 1.29 is 4.79 Å². The highest BCUT2D eigenvalue weighted by molar-refractivity contribution is 5.99. The monoisotopic (exact) mass is 229 g/mol. The van der Waals surface area contributed by atoms with Crippen molar-refractivity contribution in [1.82, 2.24) is 5.32 Å². The van der Waals surface area contributed by atoms with Gasteiger partial charge in [-0.25, -0.2) is 0 Å². The summed E-state index contributed by atoms with van der Waals surface area (Å²) < 4.78 is 0. The number of hydrogen-bond donors (Lipinski definition) is 1. The highest BCUT2D eigenvalue weighted by Gasteiger charge is 2.39. The highest BCUT2D eigenvalue weighted by atomic mass is 16.1. The Bertz CT molecular complexity index is 458. The van der Waals surface area contributed by atoms with Gasteiger partial charge in [-0.05, 0) is 56.3 Å². The average molecular weight is 229 g/mol. The molecule has 90 valence electrons. The first-order valence-corrected chi connectivity index (χ1v) is 6.52. The van der Waals surface area contributed by atoms with E-state index in [0.29, 0.717) is 5.78 Å². The number of ketones is 1. The summed E-state index contributed by atoms with van der Waals surface area (Å²) >= 11 is 0. The van der Waals surface area contributed by atoms with E-state index in [4.69, 9.17) is 0 Å². The van der Waals surface area contributed by atoms with Crippen LogP contribution >= 0.6 is 0 Å². The third kappa shape index (κ3) is 1.91. The molecular formula is C15H19NO. The van der Waals surface area contributed by atoms with E-state index in [1.54, 1.807) is 0 Å². The summed E-state index contributed by atoms with van der Waals surface area (Å²) in [5.41, 5.74) is 3.70. The molecule has 1 aliphatic heterocycles. The Balaban J connectivity index is 1.97. The molecule has 0 atom stereocenters. The van der Waals surface area contributed by atoms with Gasteiger partial charge in [-0.15, -0.1) is 0 Å². The molecule has 1 spiro atoms. The van der Waals surface area contributed by atoms with Crippen molar-refractivity contribution in [2.45, 2.75) is 32.6 Å². The normalized spacial score (nSPS) is 22.5. The van der Waals surface area contributed by atoms with Crippen molar-refractivity contribution >= 4 is 5.78 Å². The maximum atomic E-state index is 12.3. The van der Waals surface area contributed by atoms with Crippen molar-refractivity contribution in [3.8, 4) is 0 Å². The maximum absolute atomic E-state index is 12.3. The first kappa shape index (κ1) is 11.0. The molecule has 2 aliphatic rings. The number of rotatable bonds is 0. The van der Waals surface area contributed by atoms with Crippen LogP contribution in [0.4, 0.5) is 0 Å². The molecule has 17 heavy (non-hydrogen) atoms. The fourth-order valence-electron chi connectivity index (χ4n) is 3.32. The first-order valence-electron chi connectivity index (χ1n) is 6.52. The standard InChI is InChI=1S/C15H19NO/c1-11-2-3-12-9-15(4-6-16-7-5-15)10-14(17)13(12)8-11/h2-3,8,16H,4-7,9-10H2,1H3. The molecule has 1 heterocycles. The van der Waals surface area contributed by atoms with Crippen molar-refractivity contribution in [3.63, 3.8) is 0 Å². The summed E-state index contributed by atoms with van der Waals surface area (Å²) in [6.07, 6.45) is 4.14. The molecule has 0 amide bonds. The summed E-state index contributed by atoms with van der Waals surface area (Å²) in [5.74, 6) is 0.358. The van der Waals surface area contributed by atoms with Crippen LogP contribution in [0.1, 0.15) is 40.7 Å². The van der Waals surface area contributed by atoms with Gasteiger partial charge in [0, 0.05) is 12.0 Å². The van der Waals surface area contributed by atoms with E-state index in [1.807, 2.05) is 0 Å². The molecule has 1 aromatic carbocycles. The summed E-state index contributed by atoms with van der Waals surface area (Å²) in [6, 6.07) is 6.35. The van der Waals surface area contributed by atoms with E-state index in [9.17, 15) is 4.79 Å². The fraction of sp³-hybridized carbons (Fsp3) is 0.533. The van der Waals surface area contributed by atoms with Crippen LogP contribution in [-0.4, -0.2) is 18.9 Å². The van der Waals surface area contributed by atoms with E-state index in [2.05, 4.69) is 30.4 Å². The summed E-state index contributed by atoms with van der Waals surface area (Å²) in [5, 5.41) is 3.39. The van der Waals surface area contributed by atoms with Crippen LogP contribution in [0, 0.1) is 12.3 Å². The van der Waals surface area contributed by atoms with Crippen LogP contribution < -0.4 is 5.32 Å². The maximum Gasteiger partial charge on any atom is 0.163 e. The zero-order valence-corrected chi connectivity index (χ0v) is 10.4. The number of nitrogens with one attached hydrogen (secondary N) is 1. The van der Waals surface area contributed by atoms with E-state index in [0.717, 1.165) is 44.3 Å². The van der Waals surface area contributed by atoms with Crippen molar-refractivity contribution in [2.24, 2.45) is 5.41 Å². The topological polar surface area (TPSA) is 29.1 Å². The lowest BCUT2D eigenvalue weighted by atomic mass is 9.66. The van der Waals surface area contributed by atoms with Crippen LogP contribution in [0.25, 0.3) is 0 Å². The Morgan fingerprint density at radius 3 is 2.71 bits per heavy atom. The van der Waals surface area contributed by atoms with Gasteiger partial charge in [0.05, 0.1) is 0 Å². The van der Waals surface area contributed by atoms with Gasteiger partial charge in [0.15, 0.2) is 5.78 Å². The second kappa shape index (κ2) is 3.95. The van der Waals surface area contributed by atoms with Crippen LogP contribution in [0.15, 0.2) is 18.2 Å². The van der Waals surface area contributed by atoms with E-state index >= 15 is 0 Å². The smallest absolute Gasteiger partial charge is 0.163 e. The van der Waals surface area contributed by atoms with Crippen molar-refractivity contribution in [1.29, 1.82) is 0 Å². The van der Waals surface area contributed by atoms with Crippen LogP contribution in [-0.2, 0) is 6.42 Å². The highest BCUT2D eigenvalue weighted by Crippen LogP contribution is 2.42. The number of benzene rings is 1. The Kier molecular flexibility index (Phi) is 2.55. The number of carbonyl (C=O) groups excluding carboxylic acids is 1. The summed E-state index contributed by atoms with van der Waals surface area (Å²) in [7, 11) is 0. The molecule has 1 fully saturated rings. The molecule has 0 aromatic heterocycles. The lowest BCUT2D eigenvalue weighted by molar-refractivity contribution is 0.0836. The number of Topliss-reactive ketones (excluding diaryl/α,β-unsaturated/α-hetero) is 1. The van der Waals surface area contributed by atoms with Gasteiger partial charge >= 0.3 is 0 Å². The van der Waals surface area contributed by atoms with Gasteiger partial charge in [-0.2, -0.15) is 0 Å². The number of aryl methyl sites for hydroxylation is 1. The molecule has 0 radical (unpaired) electrons. The van der Waals surface area contributed by atoms with Gasteiger partial charge in [0.1, 0.15) is 0 Å². The van der Waals surface area contributed by atoms with Crippen LogP contribution in [0.2, 0.25) is 0 Å². The average Bonchev–Trinajstić information content (AvgIpc) is 2.31. The molecule has 3 rings (SSSR count). The van der Waals surface area contributed by atoms with Crippen LogP contribution in [0.5, 0.6) is 0 Å². The zero-order valence-electron chi connectivity index (χ0n) is 10.4. The molecule has 0 saturated carbocycles. The molecule has 0 bridgehead atoms.